The summed E-state index contributed by atoms with van der Waals surface area (Å²) in [5, 5.41) is 5.94. The van der Waals surface area contributed by atoms with Crippen molar-refractivity contribution in [2.24, 2.45) is 0 Å². The van der Waals surface area contributed by atoms with Crippen molar-refractivity contribution in [1.29, 1.82) is 0 Å². The van der Waals surface area contributed by atoms with Gasteiger partial charge in [0.05, 0.1) is 18.6 Å². The molecule has 1 fully saturated rings. The summed E-state index contributed by atoms with van der Waals surface area (Å²) in [6.45, 7) is 3.85. The Morgan fingerprint density at radius 3 is 2.96 bits per heavy atom. The zero-order chi connectivity index (χ0) is 16.7. The van der Waals surface area contributed by atoms with Gasteiger partial charge in [-0.1, -0.05) is 0 Å². The second-order valence-electron chi connectivity index (χ2n) is 5.71. The Morgan fingerprint density at radius 1 is 1.48 bits per heavy atom. The predicted octanol–water partition coefficient (Wildman–Crippen LogP) is 1.23. The van der Waals surface area contributed by atoms with Gasteiger partial charge in [0.1, 0.15) is 0 Å². The van der Waals surface area contributed by atoms with Crippen LogP contribution >= 0.6 is 11.8 Å². The van der Waals surface area contributed by atoms with Gasteiger partial charge in [0.2, 0.25) is 11.8 Å². The number of amides is 2. The van der Waals surface area contributed by atoms with Crippen molar-refractivity contribution in [2.45, 2.75) is 38.4 Å². The molecule has 0 bridgehead atoms. The molecule has 0 aliphatic carbocycles. The molecule has 0 spiro atoms. The van der Waals surface area contributed by atoms with Crippen molar-refractivity contribution in [3.8, 4) is 0 Å². The lowest BCUT2D eigenvalue weighted by molar-refractivity contribution is -0.125. The number of likely N-dealkylation sites (N-methyl/N-ethyl adjacent to an activating group) is 1. The molecule has 23 heavy (non-hydrogen) atoms. The first kappa shape index (κ1) is 17.9. The van der Waals surface area contributed by atoms with Crippen LogP contribution in [0.4, 0.5) is 0 Å². The van der Waals surface area contributed by atoms with Gasteiger partial charge < -0.3 is 15.1 Å². The number of nitrogens with zero attached hydrogens (tertiary/aromatic N) is 1. The molecule has 0 radical (unpaired) electrons. The van der Waals surface area contributed by atoms with Crippen molar-refractivity contribution < 1.29 is 14.0 Å². The summed E-state index contributed by atoms with van der Waals surface area (Å²) >= 11 is 1.66. The van der Waals surface area contributed by atoms with Crippen molar-refractivity contribution in [1.82, 2.24) is 15.5 Å². The Balaban J connectivity index is 1.96. The molecule has 1 saturated heterocycles. The molecule has 2 N–H and O–H groups in total. The first-order chi connectivity index (χ1) is 11.1. The maximum Gasteiger partial charge on any atom is 0.237 e. The number of rotatable bonds is 8. The molecule has 128 valence electrons. The van der Waals surface area contributed by atoms with E-state index in [0.29, 0.717) is 32.5 Å². The Hall–Kier alpha value is -1.47. The van der Waals surface area contributed by atoms with Crippen molar-refractivity contribution in [3.05, 3.63) is 24.2 Å². The molecule has 1 aromatic heterocycles. The van der Waals surface area contributed by atoms with Crippen LogP contribution in [-0.4, -0.2) is 53.9 Å². The third-order valence-electron chi connectivity index (χ3n) is 3.92. The van der Waals surface area contributed by atoms with Crippen LogP contribution < -0.4 is 10.6 Å². The van der Waals surface area contributed by atoms with E-state index >= 15 is 0 Å². The largest absolute Gasteiger partial charge is 0.472 e. The van der Waals surface area contributed by atoms with Crippen LogP contribution in [0.1, 0.15) is 25.3 Å². The molecular formula is C16H25N3O3S. The van der Waals surface area contributed by atoms with E-state index in [1.165, 1.54) is 0 Å². The standard InChI is InChI=1S/C16H25N3O3S/c1-3-17-16(21)14-8-13(18-15(20)5-7-23-2)10-19(14)9-12-4-6-22-11-12/h4,6,11,13-14H,3,5,7-10H2,1-2H3,(H,17,21)(H,18,20)/t13-,14+/m1/s1. The summed E-state index contributed by atoms with van der Waals surface area (Å²) in [5.41, 5.74) is 1.04. The van der Waals surface area contributed by atoms with Gasteiger partial charge in [-0.15, -0.1) is 0 Å². The first-order valence-corrected chi connectivity index (χ1v) is 9.34. The van der Waals surface area contributed by atoms with Gasteiger partial charge in [-0.05, 0) is 25.7 Å². The molecule has 0 aromatic carbocycles. The number of thioether (sulfide) groups is 1. The van der Waals surface area contributed by atoms with Crippen molar-refractivity contribution in [3.63, 3.8) is 0 Å². The van der Waals surface area contributed by atoms with Gasteiger partial charge in [0, 0.05) is 43.4 Å². The maximum atomic E-state index is 12.3. The van der Waals surface area contributed by atoms with E-state index in [2.05, 4.69) is 15.5 Å². The topological polar surface area (TPSA) is 74.6 Å². The highest BCUT2D eigenvalue weighted by atomic mass is 32.2. The van der Waals surface area contributed by atoms with Crippen LogP contribution in [0.5, 0.6) is 0 Å². The summed E-state index contributed by atoms with van der Waals surface area (Å²) < 4.78 is 5.10. The third-order valence-corrected chi connectivity index (χ3v) is 4.53. The first-order valence-electron chi connectivity index (χ1n) is 7.95. The summed E-state index contributed by atoms with van der Waals surface area (Å²) in [7, 11) is 0. The molecule has 0 saturated carbocycles. The number of carbonyl (C=O) groups is 2. The lowest BCUT2D eigenvalue weighted by Crippen LogP contribution is -2.42. The minimum atomic E-state index is -0.212. The number of likely N-dealkylation sites (tertiary alicyclic amines) is 1. The minimum absolute atomic E-state index is 0.0175. The molecule has 2 atom stereocenters. The van der Waals surface area contributed by atoms with Crippen LogP contribution in [0.2, 0.25) is 0 Å². The number of carbonyl (C=O) groups excluding carboxylic acids is 2. The molecule has 2 amide bonds. The van der Waals surface area contributed by atoms with E-state index in [4.69, 9.17) is 4.42 Å². The Morgan fingerprint density at radius 2 is 2.30 bits per heavy atom. The van der Waals surface area contributed by atoms with Gasteiger partial charge in [-0.2, -0.15) is 11.8 Å². The molecule has 2 heterocycles. The fourth-order valence-corrected chi connectivity index (χ4v) is 3.25. The third kappa shape index (κ3) is 5.28. The van der Waals surface area contributed by atoms with Gasteiger partial charge >= 0.3 is 0 Å². The zero-order valence-corrected chi connectivity index (χ0v) is 14.5. The lowest BCUT2D eigenvalue weighted by Gasteiger charge is -2.22. The highest BCUT2D eigenvalue weighted by Crippen LogP contribution is 2.21. The van der Waals surface area contributed by atoms with Crippen molar-refractivity contribution in [2.75, 3.05) is 25.1 Å². The average Bonchev–Trinajstić information content (AvgIpc) is 3.16. The summed E-state index contributed by atoms with van der Waals surface area (Å²) in [4.78, 5) is 26.3. The zero-order valence-electron chi connectivity index (χ0n) is 13.7. The Bertz CT molecular complexity index is 507. The monoisotopic (exact) mass is 339 g/mol. The fourth-order valence-electron chi connectivity index (χ4n) is 2.86. The normalized spacial score (nSPS) is 21.3. The number of hydrogen-bond donors (Lipinski definition) is 2. The lowest BCUT2D eigenvalue weighted by atomic mass is 10.1. The van der Waals surface area contributed by atoms with Gasteiger partial charge in [0.15, 0.2) is 0 Å². The van der Waals surface area contributed by atoms with E-state index in [-0.39, 0.29) is 23.9 Å². The van der Waals surface area contributed by atoms with Crippen LogP contribution in [0.15, 0.2) is 23.0 Å². The second kappa shape index (κ2) is 8.98. The highest BCUT2D eigenvalue weighted by molar-refractivity contribution is 7.98. The van der Waals surface area contributed by atoms with Crippen LogP contribution in [-0.2, 0) is 16.1 Å². The SMILES string of the molecule is CCNC(=O)[C@@H]1C[C@@H](NC(=O)CCSC)CN1Cc1ccoc1. The molecule has 1 aliphatic rings. The summed E-state index contributed by atoms with van der Waals surface area (Å²) in [6, 6.07) is 1.71. The summed E-state index contributed by atoms with van der Waals surface area (Å²) in [6.07, 6.45) is 6.48. The molecule has 0 unspecified atom stereocenters. The van der Waals surface area contributed by atoms with Crippen molar-refractivity contribution >= 4 is 23.6 Å². The number of nitrogens with one attached hydrogen (secondary N) is 2. The van der Waals surface area contributed by atoms with E-state index in [1.54, 1.807) is 24.3 Å². The molecule has 7 heteroatoms. The van der Waals surface area contributed by atoms with E-state index in [9.17, 15) is 9.59 Å². The molecule has 2 rings (SSSR count). The fraction of sp³-hybridized carbons (Fsp3) is 0.625. The number of hydrogen-bond acceptors (Lipinski definition) is 5. The molecule has 1 aromatic rings. The molecule has 6 nitrogen and oxygen atoms in total. The average molecular weight is 339 g/mol. The smallest absolute Gasteiger partial charge is 0.237 e. The van der Waals surface area contributed by atoms with E-state index in [0.717, 1.165) is 11.3 Å². The molecular weight excluding hydrogens is 314 g/mol. The van der Waals surface area contributed by atoms with Gasteiger partial charge in [0.25, 0.3) is 0 Å². The van der Waals surface area contributed by atoms with E-state index in [1.807, 2.05) is 19.2 Å². The van der Waals surface area contributed by atoms with Crippen LogP contribution in [0.25, 0.3) is 0 Å². The minimum Gasteiger partial charge on any atom is -0.472 e. The van der Waals surface area contributed by atoms with E-state index < -0.39 is 0 Å². The highest BCUT2D eigenvalue weighted by Gasteiger charge is 2.37. The van der Waals surface area contributed by atoms with Gasteiger partial charge in [-0.3, -0.25) is 14.5 Å². The predicted molar refractivity (Wildman–Crippen MR) is 91.1 cm³/mol. The van der Waals surface area contributed by atoms with Gasteiger partial charge in [-0.25, -0.2) is 0 Å². The van der Waals surface area contributed by atoms with Crippen LogP contribution in [0.3, 0.4) is 0 Å². The van der Waals surface area contributed by atoms with Crippen LogP contribution in [0, 0.1) is 0 Å². The maximum absolute atomic E-state index is 12.3. The second-order valence-corrected chi connectivity index (χ2v) is 6.70. The Kier molecular flexibility index (Phi) is 6.98. The quantitative estimate of drug-likeness (QED) is 0.745. The molecule has 1 aliphatic heterocycles. The number of furan rings is 1. The summed E-state index contributed by atoms with van der Waals surface area (Å²) in [5.74, 6) is 0.901. The Labute approximate surface area is 141 Å².